The number of nitrogens with zero attached hydrogens (tertiary/aromatic N) is 2. The van der Waals surface area contributed by atoms with Crippen LogP contribution in [0.15, 0.2) is 35.1 Å². The molecule has 1 aromatic carbocycles. The van der Waals surface area contributed by atoms with Crippen LogP contribution in [0.1, 0.15) is 24.6 Å². The van der Waals surface area contributed by atoms with Crippen molar-refractivity contribution in [2.75, 3.05) is 33.4 Å². The molecular formula is C23H30F6N4O6. The second-order valence-corrected chi connectivity index (χ2v) is 7.70. The molecule has 2 rings (SSSR count). The number of benzene rings is 1. The Morgan fingerprint density at radius 2 is 1.62 bits per heavy atom. The number of ether oxygens (including phenoxy) is 1. The van der Waals surface area contributed by atoms with Gasteiger partial charge in [-0.1, -0.05) is 25.1 Å². The van der Waals surface area contributed by atoms with E-state index in [1.165, 1.54) is 11.6 Å². The van der Waals surface area contributed by atoms with Gasteiger partial charge >= 0.3 is 24.3 Å². The number of halogens is 6. The number of aromatic nitrogens is 2. The number of hydrogen-bond donors (Lipinski definition) is 4. The number of H-pyrrole nitrogens is 1. The zero-order valence-corrected chi connectivity index (χ0v) is 21.1. The van der Waals surface area contributed by atoms with Crippen molar-refractivity contribution < 1.29 is 50.9 Å². The third-order valence-corrected chi connectivity index (χ3v) is 4.44. The normalized spacial score (nSPS) is 11.2. The minimum absolute atomic E-state index is 0.147. The molecule has 0 aliphatic heterocycles. The van der Waals surface area contributed by atoms with Crippen LogP contribution in [0, 0.1) is 0 Å². The predicted molar refractivity (Wildman–Crippen MR) is 128 cm³/mol. The Labute approximate surface area is 219 Å². The molecule has 0 aliphatic rings. The largest absolute Gasteiger partial charge is 0.490 e. The lowest BCUT2D eigenvalue weighted by atomic mass is 10.1. The van der Waals surface area contributed by atoms with E-state index in [0.717, 1.165) is 43.9 Å². The highest BCUT2D eigenvalue weighted by Gasteiger charge is 2.38. The van der Waals surface area contributed by atoms with Crippen LogP contribution >= 0.6 is 0 Å². The van der Waals surface area contributed by atoms with Gasteiger partial charge in [-0.15, -0.1) is 0 Å². The van der Waals surface area contributed by atoms with E-state index in [9.17, 15) is 31.1 Å². The number of aromatic amines is 1. The van der Waals surface area contributed by atoms with Gasteiger partial charge in [-0.3, -0.25) is 9.69 Å². The highest BCUT2D eigenvalue weighted by molar-refractivity contribution is 5.73. The van der Waals surface area contributed by atoms with Crippen LogP contribution < -0.4 is 11.3 Å². The van der Waals surface area contributed by atoms with E-state index < -0.39 is 24.3 Å². The zero-order valence-electron chi connectivity index (χ0n) is 21.1. The number of nitrogens with one attached hydrogen (secondary N) is 1. The molecule has 1 aromatic heterocycles. The van der Waals surface area contributed by atoms with E-state index in [0.29, 0.717) is 18.8 Å². The lowest BCUT2D eigenvalue weighted by Crippen LogP contribution is -2.27. The monoisotopic (exact) mass is 572 g/mol. The number of nitrogens with two attached hydrogens (primary N) is 1. The molecular weight excluding hydrogens is 542 g/mol. The lowest BCUT2D eigenvalue weighted by Gasteiger charge is -2.21. The number of carboxylic acids is 2. The SMILES string of the molecule is CCCN(CCOC)Cc1cccc(-c2nc(CCN)cc(=O)[nH]2)c1.O=C(O)C(F)(F)F.O=C(O)C(F)(F)F. The van der Waals surface area contributed by atoms with Gasteiger partial charge in [0.2, 0.25) is 0 Å². The summed E-state index contributed by atoms with van der Waals surface area (Å²) in [7, 11) is 1.72. The molecule has 16 heteroatoms. The van der Waals surface area contributed by atoms with Gasteiger partial charge in [-0.2, -0.15) is 26.3 Å². The van der Waals surface area contributed by atoms with Gasteiger partial charge in [0, 0.05) is 43.9 Å². The summed E-state index contributed by atoms with van der Waals surface area (Å²) in [5.74, 6) is -4.92. The smallest absolute Gasteiger partial charge is 0.475 e. The molecule has 10 nitrogen and oxygen atoms in total. The molecule has 0 aliphatic carbocycles. The van der Waals surface area contributed by atoms with Crippen molar-refractivity contribution in [2.24, 2.45) is 5.73 Å². The Kier molecular flexibility index (Phi) is 15.6. The van der Waals surface area contributed by atoms with E-state index in [2.05, 4.69) is 33.9 Å². The number of hydrogen-bond acceptors (Lipinski definition) is 7. The Hall–Kier alpha value is -3.50. The van der Waals surface area contributed by atoms with Gasteiger partial charge in [-0.25, -0.2) is 14.6 Å². The van der Waals surface area contributed by atoms with Crippen molar-refractivity contribution in [3.05, 3.63) is 51.9 Å². The summed E-state index contributed by atoms with van der Waals surface area (Å²) < 4.78 is 68.7. The topological polar surface area (TPSA) is 159 Å². The maximum absolute atomic E-state index is 11.9. The molecule has 0 atom stereocenters. The van der Waals surface area contributed by atoms with Gasteiger partial charge < -0.3 is 25.7 Å². The van der Waals surface area contributed by atoms with Crippen LogP contribution in [0.4, 0.5) is 26.3 Å². The highest BCUT2D eigenvalue weighted by Crippen LogP contribution is 2.17. The summed E-state index contributed by atoms with van der Waals surface area (Å²) in [6.07, 6.45) is -8.47. The molecule has 0 bridgehead atoms. The van der Waals surface area contributed by atoms with Gasteiger partial charge in [-0.05, 0) is 31.1 Å². The maximum Gasteiger partial charge on any atom is 0.490 e. The van der Waals surface area contributed by atoms with Gasteiger partial charge in [0.15, 0.2) is 0 Å². The molecule has 39 heavy (non-hydrogen) atoms. The van der Waals surface area contributed by atoms with Gasteiger partial charge in [0.05, 0.1) is 6.61 Å². The van der Waals surface area contributed by atoms with Crippen LogP contribution in [0.25, 0.3) is 11.4 Å². The van der Waals surface area contributed by atoms with Crippen LogP contribution in [-0.4, -0.2) is 82.7 Å². The minimum atomic E-state index is -5.08. The van der Waals surface area contributed by atoms with Crippen LogP contribution in [-0.2, 0) is 27.3 Å². The number of alkyl halides is 6. The second-order valence-electron chi connectivity index (χ2n) is 7.70. The first-order chi connectivity index (χ1) is 18.0. The van der Waals surface area contributed by atoms with Crippen molar-refractivity contribution >= 4 is 11.9 Å². The molecule has 1 heterocycles. The average Bonchev–Trinajstić information content (AvgIpc) is 2.82. The first kappa shape index (κ1) is 35.5. The Balaban J connectivity index is 0.000000848. The fraction of sp³-hybridized carbons (Fsp3) is 0.478. The van der Waals surface area contributed by atoms with E-state index in [1.54, 1.807) is 7.11 Å². The zero-order chi connectivity index (χ0) is 30.2. The Morgan fingerprint density at radius 1 is 1.05 bits per heavy atom. The van der Waals surface area contributed by atoms with Gasteiger partial charge in [0.1, 0.15) is 5.82 Å². The van der Waals surface area contributed by atoms with E-state index >= 15 is 0 Å². The summed E-state index contributed by atoms with van der Waals surface area (Å²) in [6.45, 7) is 6.13. The predicted octanol–water partition coefficient (Wildman–Crippen LogP) is 3.06. The third-order valence-electron chi connectivity index (χ3n) is 4.44. The molecule has 5 N–H and O–H groups in total. The van der Waals surface area contributed by atoms with E-state index in [-0.39, 0.29) is 5.56 Å². The quantitative estimate of drug-likeness (QED) is 0.314. The number of carboxylic acid groups (broad SMARTS) is 2. The van der Waals surface area contributed by atoms with Crippen LogP contribution in [0.5, 0.6) is 0 Å². The number of rotatable bonds is 10. The van der Waals surface area contributed by atoms with Crippen molar-refractivity contribution in [3.63, 3.8) is 0 Å². The molecule has 0 saturated carbocycles. The molecule has 0 saturated heterocycles. The second kappa shape index (κ2) is 17.2. The molecule has 220 valence electrons. The maximum atomic E-state index is 11.9. The Bertz CT molecular complexity index is 1070. The van der Waals surface area contributed by atoms with E-state index in [4.69, 9.17) is 30.3 Å². The molecule has 0 unspecified atom stereocenters. The fourth-order valence-corrected chi connectivity index (χ4v) is 2.80. The summed E-state index contributed by atoms with van der Waals surface area (Å²) in [6, 6.07) is 9.66. The molecule has 2 aromatic rings. The van der Waals surface area contributed by atoms with Crippen molar-refractivity contribution in [1.29, 1.82) is 0 Å². The van der Waals surface area contributed by atoms with Crippen molar-refractivity contribution in [1.82, 2.24) is 14.9 Å². The summed E-state index contributed by atoms with van der Waals surface area (Å²) in [5, 5.41) is 14.2. The fourth-order valence-electron chi connectivity index (χ4n) is 2.80. The van der Waals surface area contributed by atoms with Crippen LogP contribution in [0.3, 0.4) is 0 Å². The minimum Gasteiger partial charge on any atom is -0.475 e. The number of carbonyl (C=O) groups is 2. The molecule has 0 radical (unpaired) electrons. The summed E-state index contributed by atoms with van der Waals surface area (Å²) in [5.41, 5.74) is 8.26. The number of aliphatic carboxylic acids is 2. The van der Waals surface area contributed by atoms with Crippen molar-refractivity contribution in [2.45, 2.75) is 38.7 Å². The standard InChI is InChI=1S/C19H28N4O2.2C2HF3O2/c1-3-9-23(10-11-25-2)14-15-5-4-6-16(12-15)19-21-17(7-8-20)13-18(24)22-19;2*3-2(4,5)1(6)7/h4-6,12-13H,3,7-11,14,20H2,1-2H3,(H,21,22,24);2*(H,6,7). The third kappa shape index (κ3) is 15.5. The molecule has 0 fully saturated rings. The lowest BCUT2D eigenvalue weighted by molar-refractivity contribution is -0.193. The molecule has 0 spiro atoms. The van der Waals surface area contributed by atoms with E-state index in [1.807, 2.05) is 12.1 Å². The summed E-state index contributed by atoms with van der Waals surface area (Å²) >= 11 is 0. The Morgan fingerprint density at radius 3 is 2.08 bits per heavy atom. The first-order valence-corrected chi connectivity index (χ1v) is 11.3. The van der Waals surface area contributed by atoms with Crippen molar-refractivity contribution in [3.8, 4) is 11.4 Å². The van der Waals surface area contributed by atoms with Gasteiger partial charge in [0.25, 0.3) is 5.56 Å². The number of methoxy groups -OCH3 is 1. The first-order valence-electron chi connectivity index (χ1n) is 11.3. The molecule has 0 amide bonds. The average molecular weight is 573 g/mol. The highest BCUT2D eigenvalue weighted by atomic mass is 19.4. The summed E-state index contributed by atoms with van der Waals surface area (Å²) in [4.78, 5) is 39.4. The van der Waals surface area contributed by atoms with Crippen LogP contribution in [0.2, 0.25) is 0 Å².